The van der Waals surface area contributed by atoms with Gasteiger partial charge in [0.25, 0.3) is 5.69 Å². The maximum atomic E-state index is 12.1. The minimum atomic E-state index is -4.07. The number of nitro groups is 1. The zero-order valence-electron chi connectivity index (χ0n) is 16.5. The third kappa shape index (κ3) is 6.67. The van der Waals surface area contributed by atoms with Gasteiger partial charge in [-0.15, -0.1) is 0 Å². The monoisotopic (exact) mass is 437 g/mol. The van der Waals surface area contributed by atoms with Gasteiger partial charge in [-0.1, -0.05) is 6.07 Å². The second-order valence-corrected chi connectivity index (χ2v) is 8.13. The first-order chi connectivity index (χ1) is 14.1. The van der Waals surface area contributed by atoms with Gasteiger partial charge in [-0.3, -0.25) is 14.9 Å². The molecular weight excluding hydrogens is 414 g/mol. The van der Waals surface area contributed by atoms with Crippen LogP contribution in [-0.2, 0) is 21.4 Å². The Kier molecular flexibility index (Phi) is 7.66. The van der Waals surface area contributed by atoms with Gasteiger partial charge in [0.05, 0.1) is 15.9 Å². The molecule has 12 heteroatoms. The first-order valence-electron chi connectivity index (χ1n) is 9.00. The maximum absolute atomic E-state index is 12.1. The highest BCUT2D eigenvalue weighted by atomic mass is 32.2. The molecule has 4 N–H and O–H groups in total. The summed E-state index contributed by atoms with van der Waals surface area (Å²) in [5.74, 6) is 0.155. The Hall–Kier alpha value is -3.25. The van der Waals surface area contributed by atoms with Gasteiger partial charge in [0.2, 0.25) is 21.8 Å². The van der Waals surface area contributed by atoms with Crippen LogP contribution in [0, 0.1) is 10.1 Å². The summed E-state index contributed by atoms with van der Waals surface area (Å²) in [5, 5.41) is 21.7. The molecule has 0 fully saturated rings. The highest BCUT2D eigenvalue weighted by molar-refractivity contribution is 7.89. The van der Waals surface area contributed by atoms with E-state index in [-0.39, 0.29) is 42.1 Å². The Bertz CT molecular complexity index is 1030. The van der Waals surface area contributed by atoms with Crippen molar-refractivity contribution in [3.63, 3.8) is 0 Å². The molecular formula is C18H23N5O6S. The number of ether oxygens (including phenoxy) is 1. The van der Waals surface area contributed by atoms with E-state index in [9.17, 15) is 23.3 Å². The number of pyridine rings is 1. The molecule has 1 heterocycles. The summed E-state index contributed by atoms with van der Waals surface area (Å²) in [6, 6.07) is 6.79. The smallest absolute Gasteiger partial charge is 0.293 e. The van der Waals surface area contributed by atoms with Crippen LogP contribution in [0.25, 0.3) is 0 Å². The molecule has 2 aromatic rings. The van der Waals surface area contributed by atoms with Crippen LogP contribution in [0.2, 0.25) is 0 Å². The number of nitro benzene ring substituents is 1. The molecule has 0 unspecified atom stereocenters. The van der Waals surface area contributed by atoms with E-state index in [1.165, 1.54) is 6.07 Å². The Morgan fingerprint density at radius 3 is 2.70 bits per heavy atom. The lowest BCUT2D eigenvalue weighted by atomic mass is 10.2. The molecule has 1 aromatic carbocycles. The SMILES string of the molecule is CC(C)Oc1ncccc1CNC(=O)CCNc1ccc(S(N)(=O)=O)cc1[N+](=O)[O-]. The number of benzene rings is 1. The number of carbonyl (C=O) groups excluding carboxylic acids is 1. The van der Waals surface area contributed by atoms with Crippen LogP contribution < -0.4 is 20.5 Å². The minimum Gasteiger partial charge on any atom is -0.475 e. The molecule has 0 radical (unpaired) electrons. The van der Waals surface area contributed by atoms with Crippen molar-refractivity contribution >= 4 is 27.3 Å². The van der Waals surface area contributed by atoms with Gasteiger partial charge >= 0.3 is 0 Å². The van der Waals surface area contributed by atoms with Crippen LogP contribution in [0.5, 0.6) is 5.88 Å². The summed E-state index contributed by atoms with van der Waals surface area (Å²) < 4.78 is 28.3. The van der Waals surface area contributed by atoms with Crippen molar-refractivity contribution < 1.29 is 22.9 Å². The lowest BCUT2D eigenvalue weighted by Gasteiger charge is -2.13. The van der Waals surface area contributed by atoms with E-state index in [1.54, 1.807) is 18.3 Å². The number of anilines is 1. The van der Waals surface area contributed by atoms with E-state index in [1.807, 2.05) is 13.8 Å². The fourth-order valence-electron chi connectivity index (χ4n) is 2.47. The molecule has 0 atom stereocenters. The summed E-state index contributed by atoms with van der Waals surface area (Å²) in [5.41, 5.74) is 0.356. The van der Waals surface area contributed by atoms with Gasteiger partial charge in [-0.05, 0) is 32.0 Å². The molecule has 0 aliphatic heterocycles. The second kappa shape index (κ2) is 9.98. The molecule has 162 valence electrons. The number of sulfonamides is 1. The van der Waals surface area contributed by atoms with E-state index in [0.717, 1.165) is 17.7 Å². The number of primary sulfonamides is 1. The topological polar surface area (TPSA) is 167 Å². The zero-order valence-corrected chi connectivity index (χ0v) is 17.3. The van der Waals surface area contributed by atoms with Crippen molar-refractivity contribution in [1.29, 1.82) is 0 Å². The van der Waals surface area contributed by atoms with Crippen molar-refractivity contribution in [3.8, 4) is 5.88 Å². The molecule has 2 rings (SSSR count). The van der Waals surface area contributed by atoms with E-state index in [4.69, 9.17) is 9.88 Å². The molecule has 0 saturated carbocycles. The second-order valence-electron chi connectivity index (χ2n) is 6.57. The normalized spacial score (nSPS) is 11.2. The lowest BCUT2D eigenvalue weighted by molar-refractivity contribution is -0.384. The zero-order chi connectivity index (χ0) is 22.3. The molecule has 0 aliphatic rings. The predicted molar refractivity (Wildman–Crippen MR) is 109 cm³/mol. The van der Waals surface area contributed by atoms with E-state index < -0.39 is 20.6 Å². The number of nitrogens with two attached hydrogens (primary N) is 1. The van der Waals surface area contributed by atoms with E-state index >= 15 is 0 Å². The summed E-state index contributed by atoms with van der Waals surface area (Å²) in [7, 11) is -4.07. The highest BCUT2D eigenvalue weighted by Gasteiger charge is 2.19. The van der Waals surface area contributed by atoms with E-state index in [0.29, 0.717) is 5.88 Å². The average molecular weight is 437 g/mol. The quantitative estimate of drug-likeness (QED) is 0.372. The highest BCUT2D eigenvalue weighted by Crippen LogP contribution is 2.27. The number of aromatic nitrogens is 1. The molecule has 11 nitrogen and oxygen atoms in total. The standard InChI is InChI=1S/C18H23N5O6S/c1-12(2)29-18-13(4-3-8-21-18)11-22-17(24)7-9-20-15-6-5-14(30(19,27)28)10-16(15)23(25)26/h3-6,8,10,12,20H,7,9,11H2,1-2H3,(H,22,24)(H2,19,27,28). The molecule has 0 saturated heterocycles. The van der Waals surface area contributed by atoms with Crippen molar-refractivity contribution in [2.75, 3.05) is 11.9 Å². The van der Waals surface area contributed by atoms with Gasteiger partial charge in [-0.25, -0.2) is 18.5 Å². The molecule has 0 spiro atoms. The number of hydrogen-bond acceptors (Lipinski definition) is 8. The minimum absolute atomic E-state index is 0.0364. The Morgan fingerprint density at radius 2 is 2.07 bits per heavy atom. The summed E-state index contributed by atoms with van der Waals surface area (Å²) in [6.07, 6.45) is 1.57. The van der Waals surface area contributed by atoms with Crippen molar-refractivity contribution in [2.45, 2.75) is 37.8 Å². The maximum Gasteiger partial charge on any atom is 0.293 e. The molecule has 0 bridgehead atoms. The summed E-state index contributed by atoms with van der Waals surface area (Å²) in [6.45, 7) is 4.07. The van der Waals surface area contributed by atoms with Gasteiger partial charge in [-0.2, -0.15) is 0 Å². The first-order valence-corrected chi connectivity index (χ1v) is 10.5. The molecule has 30 heavy (non-hydrogen) atoms. The van der Waals surface area contributed by atoms with Crippen LogP contribution in [0.1, 0.15) is 25.8 Å². The number of hydrogen-bond donors (Lipinski definition) is 3. The van der Waals surface area contributed by atoms with Gasteiger partial charge < -0.3 is 15.4 Å². The summed E-state index contributed by atoms with van der Waals surface area (Å²) >= 11 is 0. The number of nitrogens with one attached hydrogen (secondary N) is 2. The first kappa shape index (κ1) is 23.0. The predicted octanol–water partition coefficient (Wildman–Crippen LogP) is 1.54. The Balaban J connectivity index is 1.93. The molecule has 1 aromatic heterocycles. The Labute approximate surface area is 173 Å². The summed E-state index contributed by atoms with van der Waals surface area (Å²) in [4.78, 5) is 26.4. The fraction of sp³-hybridized carbons (Fsp3) is 0.333. The number of carbonyl (C=O) groups is 1. The van der Waals surface area contributed by atoms with Crippen molar-refractivity contribution in [2.24, 2.45) is 5.14 Å². The van der Waals surface area contributed by atoms with Crippen LogP contribution in [0.4, 0.5) is 11.4 Å². The van der Waals surface area contributed by atoms with Gasteiger partial charge in [0.15, 0.2) is 0 Å². The number of rotatable bonds is 10. The van der Waals surface area contributed by atoms with E-state index in [2.05, 4.69) is 15.6 Å². The fourth-order valence-corrected chi connectivity index (χ4v) is 3.00. The molecule has 0 aliphatic carbocycles. The van der Waals surface area contributed by atoms with Gasteiger partial charge in [0, 0.05) is 37.3 Å². The third-order valence-electron chi connectivity index (χ3n) is 3.84. The van der Waals surface area contributed by atoms with Crippen molar-refractivity contribution in [3.05, 3.63) is 52.2 Å². The van der Waals surface area contributed by atoms with Crippen LogP contribution in [-0.4, -0.2) is 36.9 Å². The lowest BCUT2D eigenvalue weighted by Crippen LogP contribution is -2.25. The number of nitrogens with zero attached hydrogens (tertiary/aromatic N) is 2. The van der Waals surface area contributed by atoms with Crippen LogP contribution >= 0.6 is 0 Å². The largest absolute Gasteiger partial charge is 0.475 e. The molecule has 1 amide bonds. The Morgan fingerprint density at radius 1 is 1.33 bits per heavy atom. The van der Waals surface area contributed by atoms with Crippen LogP contribution in [0.15, 0.2) is 41.4 Å². The van der Waals surface area contributed by atoms with Crippen molar-refractivity contribution in [1.82, 2.24) is 10.3 Å². The van der Waals surface area contributed by atoms with Gasteiger partial charge in [0.1, 0.15) is 5.69 Å². The third-order valence-corrected chi connectivity index (χ3v) is 4.75. The van der Waals surface area contributed by atoms with Crippen LogP contribution in [0.3, 0.4) is 0 Å². The number of amides is 1. The average Bonchev–Trinajstić information content (AvgIpc) is 2.66.